The van der Waals surface area contributed by atoms with Gasteiger partial charge in [-0.25, -0.2) is 0 Å². The van der Waals surface area contributed by atoms with Gasteiger partial charge in [0.15, 0.2) is 11.5 Å². The van der Waals surface area contributed by atoms with Gasteiger partial charge in [0.05, 0.1) is 20.5 Å². The highest BCUT2D eigenvalue weighted by molar-refractivity contribution is 5.98. The highest BCUT2D eigenvalue weighted by Gasteiger charge is 2.12. The molecule has 6 heteroatoms. The van der Waals surface area contributed by atoms with E-state index in [1.165, 1.54) is 0 Å². The fraction of sp³-hybridized carbons (Fsp3) is 0.235. The molecule has 0 aliphatic heterocycles. The number of methoxy groups -OCH3 is 2. The van der Waals surface area contributed by atoms with Crippen LogP contribution in [0.2, 0.25) is 0 Å². The van der Waals surface area contributed by atoms with Crippen LogP contribution in [0.15, 0.2) is 41.0 Å². The van der Waals surface area contributed by atoms with E-state index >= 15 is 0 Å². The Bertz CT molecular complexity index is 764. The molecule has 0 aliphatic rings. The van der Waals surface area contributed by atoms with Crippen molar-refractivity contribution in [1.29, 1.82) is 0 Å². The molecule has 0 bridgehead atoms. The fourth-order valence-electron chi connectivity index (χ4n) is 2.43. The Morgan fingerprint density at radius 2 is 2.00 bits per heavy atom. The van der Waals surface area contributed by atoms with Crippen LogP contribution >= 0.6 is 0 Å². The largest absolute Gasteiger partial charge is 0.493 e. The maximum atomic E-state index is 12.2. The van der Waals surface area contributed by atoms with Crippen molar-refractivity contribution < 1.29 is 18.7 Å². The Hall–Kier alpha value is -2.89. The molecule has 0 fully saturated rings. The van der Waals surface area contributed by atoms with Gasteiger partial charge in [-0.05, 0) is 24.3 Å². The first kappa shape index (κ1) is 15.0. The number of hydrogen-bond donors (Lipinski definition) is 2. The van der Waals surface area contributed by atoms with Crippen LogP contribution in [0, 0.1) is 0 Å². The molecule has 1 aromatic carbocycles. The minimum absolute atomic E-state index is 0.161. The highest BCUT2D eigenvalue weighted by atomic mass is 16.5. The molecule has 0 aliphatic carbocycles. The van der Waals surface area contributed by atoms with E-state index in [1.54, 1.807) is 26.5 Å². The van der Waals surface area contributed by atoms with Crippen LogP contribution in [-0.2, 0) is 6.42 Å². The van der Waals surface area contributed by atoms with E-state index in [4.69, 9.17) is 13.9 Å². The van der Waals surface area contributed by atoms with E-state index in [1.807, 2.05) is 24.3 Å². The molecule has 2 aromatic heterocycles. The van der Waals surface area contributed by atoms with Crippen molar-refractivity contribution in [3.63, 3.8) is 0 Å². The number of aromatic nitrogens is 1. The molecule has 0 saturated carbocycles. The van der Waals surface area contributed by atoms with Crippen LogP contribution in [0.1, 0.15) is 16.2 Å². The third-order valence-corrected chi connectivity index (χ3v) is 3.61. The monoisotopic (exact) mass is 314 g/mol. The van der Waals surface area contributed by atoms with E-state index in [2.05, 4.69) is 10.3 Å². The van der Waals surface area contributed by atoms with Crippen LogP contribution in [0.5, 0.6) is 11.5 Å². The number of aromatic amines is 1. The lowest BCUT2D eigenvalue weighted by Crippen LogP contribution is -2.25. The average molecular weight is 314 g/mol. The maximum absolute atomic E-state index is 12.2. The molecular weight excluding hydrogens is 296 g/mol. The summed E-state index contributed by atoms with van der Waals surface area (Å²) in [5.41, 5.74) is 1.31. The molecule has 0 saturated heterocycles. The number of ether oxygens (including phenoxy) is 2. The van der Waals surface area contributed by atoms with Gasteiger partial charge in [0.2, 0.25) is 0 Å². The van der Waals surface area contributed by atoms with E-state index in [-0.39, 0.29) is 5.91 Å². The second-order valence-corrected chi connectivity index (χ2v) is 5.06. The summed E-state index contributed by atoms with van der Waals surface area (Å²) in [5.74, 6) is 1.93. The SMILES string of the molecule is COc1cc2cc(C(=O)NCCc3ccco3)[nH]c2cc1OC. The molecule has 0 spiro atoms. The summed E-state index contributed by atoms with van der Waals surface area (Å²) in [6.07, 6.45) is 2.27. The predicted octanol–water partition coefficient (Wildman–Crippen LogP) is 2.75. The Balaban J connectivity index is 1.73. The molecule has 0 atom stereocenters. The Morgan fingerprint density at radius 1 is 1.22 bits per heavy atom. The van der Waals surface area contributed by atoms with Crippen LogP contribution in [0.25, 0.3) is 10.9 Å². The summed E-state index contributed by atoms with van der Waals surface area (Å²) in [7, 11) is 3.16. The third-order valence-electron chi connectivity index (χ3n) is 3.61. The predicted molar refractivity (Wildman–Crippen MR) is 86.1 cm³/mol. The normalized spacial score (nSPS) is 10.7. The van der Waals surface area contributed by atoms with Crippen LogP contribution in [0.3, 0.4) is 0 Å². The topological polar surface area (TPSA) is 76.5 Å². The van der Waals surface area contributed by atoms with Gasteiger partial charge in [-0.15, -0.1) is 0 Å². The average Bonchev–Trinajstić information content (AvgIpc) is 3.22. The first-order chi connectivity index (χ1) is 11.2. The van der Waals surface area contributed by atoms with Gasteiger partial charge >= 0.3 is 0 Å². The van der Waals surface area contributed by atoms with Gasteiger partial charge < -0.3 is 24.2 Å². The summed E-state index contributed by atoms with van der Waals surface area (Å²) in [5, 5.41) is 3.75. The zero-order valence-electron chi connectivity index (χ0n) is 13.0. The zero-order chi connectivity index (χ0) is 16.2. The highest BCUT2D eigenvalue weighted by Crippen LogP contribution is 2.32. The second kappa shape index (κ2) is 6.48. The molecule has 3 aromatic rings. The summed E-state index contributed by atoms with van der Waals surface area (Å²) in [6, 6.07) is 9.15. The van der Waals surface area contributed by atoms with Crippen LogP contribution in [0.4, 0.5) is 0 Å². The van der Waals surface area contributed by atoms with Crippen molar-refractivity contribution >= 4 is 16.8 Å². The van der Waals surface area contributed by atoms with E-state index in [0.717, 1.165) is 16.7 Å². The van der Waals surface area contributed by atoms with Crippen molar-refractivity contribution in [2.24, 2.45) is 0 Å². The maximum Gasteiger partial charge on any atom is 0.267 e. The zero-order valence-corrected chi connectivity index (χ0v) is 13.0. The number of nitrogens with one attached hydrogen (secondary N) is 2. The lowest BCUT2D eigenvalue weighted by molar-refractivity contribution is 0.0949. The smallest absolute Gasteiger partial charge is 0.267 e. The number of benzene rings is 1. The molecule has 6 nitrogen and oxygen atoms in total. The van der Waals surface area contributed by atoms with E-state index < -0.39 is 0 Å². The van der Waals surface area contributed by atoms with Crippen molar-refractivity contribution in [3.05, 3.63) is 48.0 Å². The summed E-state index contributed by atoms with van der Waals surface area (Å²) < 4.78 is 15.8. The minimum atomic E-state index is -0.161. The molecule has 3 rings (SSSR count). The molecular formula is C17H18N2O4. The number of furan rings is 1. The first-order valence-electron chi connectivity index (χ1n) is 7.26. The standard InChI is InChI=1S/C17H18N2O4/c1-21-15-9-11-8-14(19-13(11)10-16(15)22-2)17(20)18-6-5-12-4-3-7-23-12/h3-4,7-10,19H,5-6H2,1-2H3,(H,18,20). The molecule has 120 valence electrons. The van der Waals surface area contributed by atoms with Crippen LogP contribution < -0.4 is 14.8 Å². The minimum Gasteiger partial charge on any atom is -0.493 e. The molecule has 2 N–H and O–H groups in total. The number of H-pyrrole nitrogens is 1. The van der Waals surface area contributed by atoms with Gasteiger partial charge in [-0.1, -0.05) is 0 Å². The quantitative estimate of drug-likeness (QED) is 0.733. The second-order valence-electron chi connectivity index (χ2n) is 5.06. The summed E-state index contributed by atoms with van der Waals surface area (Å²) >= 11 is 0. The van der Waals surface area contributed by atoms with Crippen molar-refractivity contribution in [2.75, 3.05) is 20.8 Å². The van der Waals surface area contributed by atoms with Gasteiger partial charge in [0.25, 0.3) is 5.91 Å². The van der Waals surface area contributed by atoms with Crippen molar-refractivity contribution in [2.45, 2.75) is 6.42 Å². The van der Waals surface area contributed by atoms with E-state index in [9.17, 15) is 4.79 Å². The molecule has 23 heavy (non-hydrogen) atoms. The fourth-order valence-corrected chi connectivity index (χ4v) is 2.43. The van der Waals surface area contributed by atoms with Crippen LogP contribution in [-0.4, -0.2) is 31.7 Å². The number of carbonyl (C=O) groups excluding carboxylic acids is 1. The number of carbonyl (C=O) groups is 1. The lowest BCUT2D eigenvalue weighted by Gasteiger charge is -2.06. The van der Waals surface area contributed by atoms with Gasteiger partial charge in [-0.2, -0.15) is 0 Å². The number of amides is 1. The van der Waals surface area contributed by atoms with Gasteiger partial charge in [0, 0.05) is 29.9 Å². The van der Waals surface area contributed by atoms with Crippen molar-refractivity contribution in [1.82, 2.24) is 10.3 Å². The van der Waals surface area contributed by atoms with E-state index in [0.29, 0.717) is 30.2 Å². The number of fused-ring (bicyclic) bond motifs is 1. The van der Waals surface area contributed by atoms with Gasteiger partial charge in [-0.3, -0.25) is 4.79 Å². The Kier molecular flexibility index (Phi) is 4.23. The Morgan fingerprint density at radius 3 is 2.70 bits per heavy atom. The third kappa shape index (κ3) is 3.15. The summed E-state index contributed by atoms with van der Waals surface area (Å²) in [4.78, 5) is 15.3. The van der Waals surface area contributed by atoms with Crippen molar-refractivity contribution in [3.8, 4) is 11.5 Å². The van der Waals surface area contributed by atoms with Gasteiger partial charge in [0.1, 0.15) is 11.5 Å². The Labute approximate surface area is 133 Å². The molecule has 0 unspecified atom stereocenters. The first-order valence-corrected chi connectivity index (χ1v) is 7.26. The molecule has 2 heterocycles. The molecule has 0 radical (unpaired) electrons. The number of rotatable bonds is 6. The number of hydrogen-bond acceptors (Lipinski definition) is 4. The summed E-state index contributed by atoms with van der Waals surface area (Å²) in [6.45, 7) is 0.508. The molecule has 1 amide bonds. The lowest BCUT2D eigenvalue weighted by atomic mass is 10.2.